The second-order valence-corrected chi connectivity index (χ2v) is 2.71. The number of nitrogens with zero attached hydrogens (tertiary/aromatic N) is 2. The van der Waals surface area contributed by atoms with Gasteiger partial charge in [0, 0.05) is 13.2 Å². The number of hydrogen-bond acceptors (Lipinski definition) is 1. The van der Waals surface area contributed by atoms with Gasteiger partial charge in [-0.1, -0.05) is 44.2 Å². The number of rotatable bonds is 1. The highest BCUT2D eigenvalue weighted by atomic mass is 15.2. The highest BCUT2D eigenvalue weighted by molar-refractivity contribution is 5.58. The molecule has 0 fully saturated rings. The Morgan fingerprint density at radius 1 is 1.00 bits per heavy atom. The molecule has 0 saturated heterocycles. The van der Waals surface area contributed by atoms with E-state index >= 15 is 0 Å². The highest BCUT2D eigenvalue weighted by Gasteiger charge is 1.99. The molecule has 1 aromatic carbocycles. The minimum Gasteiger partial charge on any atom is -0.268 e. The van der Waals surface area contributed by atoms with Gasteiger partial charge in [-0.2, -0.15) is 5.10 Å². The Morgan fingerprint density at radius 2 is 1.64 bits per heavy atom. The van der Waals surface area contributed by atoms with E-state index in [9.17, 15) is 0 Å². The molecule has 0 aliphatic heterocycles. The van der Waals surface area contributed by atoms with Gasteiger partial charge in [-0.05, 0) is 11.6 Å². The quantitative estimate of drug-likeness (QED) is 0.672. The van der Waals surface area contributed by atoms with Crippen LogP contribution in [0.5, 0.6) is 0 Å². The van der Waals surface area contributed by atoms with Gasteiger partial charge in [0.15, 0.2) is 0 Å². The molecule has 0 spiro atoms. The summed E-state index contributed by atoms with van der Waals surface area (Å²) in [5, 5.41) is 4.11. The Kier molecular flexibility index (Phi) is 3.92. The van der Waals surface area contributed by atoms with Crippen molar-refractivity contribution in [3.05, 3.63) is 42.6 Å². The Bertz CT molecular complexity index is 363. The van der Waals surface area contributed by atoms with E-state index in [0.29, 0.717) is 0 Å². The van der Waals surface area contributed by atoms with Crippen LogP contribution in [0.2, 0.25) is 0 Å². The Morgan fingerprint density at radius 3 is 2.14 bits per heavy atom. The van der Waals surface area contributed by atoms with Crippen molar-refractivity contribution >= 4 is 0 Å². The van der Waals surface area contributed by atoms with E-state index in [4.69, 9.17) is 0 Å². The van der Waals surface area contributed by atoms with Gasteiger partial charge in [0.1, 0.15) is 0 Å². The molecule has 0 N–H and O–H groups in total. The fourth-order valence-corrected chi connectivity index (χ4v) is 1.27. The van der Waals surface area contributed by atoms with E-state index in [-0.39, 0.29) is 0 Å². The highest BCUT2D eigenvalue weighted by Crippen LogP contribution is 2.16. The van der Waals surface area contributed by atoms with E-state index in [1.807, 2.05) is 56.0 Å². The molecule has 74 valence electrons. The largest absolute Gasteiger partial charge is 0.268 e. The molecule has 0 atom stereocenters. The summed E-state index contributed by atoms with van der Waals surface area (Å²) in [6, 6.07) is 12.2. The standard InChI is InChI=1S/C10H10N2.C2H6/c1-12-10(7-8-11-12)9-5-3-2-4-6-9;1-2/h2-8H,1H3;1-2H3. The maximum absolute atomic E-state index is 4.11. The van der Waals surface area contributed by atoms with Crippen LogP contribution in [0.25, 0.3) is 11.3 Å². The molecule has 0 aliphatic rings. The van der Waals surface area contributed by atoms with Crippen molar-refractivity contribution in [1.29, 1.82) is 0 Å². The van der Waals surface area contributed by atoms with Crippen LogP contribution in [0.4, 0.5) is 0 Å². The molecule has 2 nitrogen and oxygen atoms in total. The van der Waals surface area contributed by atoms with Crippen molar-refractivity contribution in [3.63, 3.8) is 0 Å². The van der Waals surface area contributed by atoms with Crippen LogP contribution in [0.3, 0.4) is 0 Å². The molecule has 0 bridgehead atoms. The summed E-state index contributed by atoms with van der Waals surface area (Å²) in [5.41, 5.74) is 2.35. The molecule has 0 radical (unpaired) electrons. The van der Waals surface area contributed by atoms with E-state index in [1.54, 1.807) is 0 Å². The van der Waals surface area contributed by atoms with Gasteiger partial charge in [-0.25, -0.2) is 0 Å². The van der Waals surface area contributed by atoms with Crippen molar-refractivity contribution in [1.82, 2.24) is 9.78 Å². The van der Waals surface area contributed by atoms with Gasteiger partial charge in [0.25, 0.3) is 0 Å². The van der Waals surface area contributed by atoms with Gasteiger partial charge in [0.2, 0.25) is 0 Å². The third-order valence-corrected chi connectivity index (χ3v) is 1.89. The summed E-state index contributed by atoms with van der Waals surface area (Å²) >= 11 is 0. The lowest BCUT2D eigenvalue weighted by molar-refractivity contribution is 0.776. The number of aromatic nitrogens is 2. The molecule has 2 aromatic rings. The molecule has 14 heavy (non-hydrogen) atoms. The smallest absolute Gasteiger partial charge is 0.0678 e. The van der Waals surface area contributed by atoms with Gasteiger partial charge in [-0.3, -0.25) is 4.68 Å². The van der Waals surface area contributed by atoms with Crippen LogP contribution < -0.4 is 0 Å². The molecule has 1 aromatic heterocycles. The van der Waals surface area contributed by atoms with Crippen LogP contribution in [0.15, 0.2) is 42.6 Å². The van der Waals surface area contributed by atoms with Crippen molar-refractivity contribution in [2.75, 3.05) is 0 Å². The van der Waals surface area contributed by atoms with Crippen LogP contribution in [-0.2, 0) is 7.05 Å². The zero-order valence-corrected chi connectivity index (χ0v) is 8.94. The molecule has 0 saturated carbocycles. The lowest BCUT2D eigenvalue weighted by atomic mass is 10.2. The lowest BCUT2D eigenvalue weighted by Crippen LogP contribution is -1.92. The number of hydrogen-bond donors (Lipinski definition) is 0. The van der Waals surface area contributed by atoms with Gasteiger partial charge >= 0.3 is 0 Å². The van der Waals surface area contributed by atoms with Crippen LogP contribution in [0, 0.1) is 0 Å². The van der Waals surface area contributed by atoms with E-state index in [1.165, 1.54) is 5.56 Å². The number of benzene rings is 1. The molecular formula is C12H16N2. The van der Waals surface area contributed by atoms with Gasteiger partial charge in [0.05, 0.1) is 5.69 Å². The van der Waals surface area contributed by atoms with E-state index in [0.717, 1.165) is 5.69 Å². The summed E-state index contributed by atoms with van der Waals surface area (Å²) < 4.78 is 1.87. The van der Waals surface area contributed by atoms with E-state index < -0.39 is 0 Å². The van der Waals surface area contributed by atoms with E-state index in [2.05, 4.69) is 17.2 Å². The normalized spacial score (nSPS) is 9.07. The Balaban J connectivity index is 0.000000461. The predicted octanol–water partition coefficient (Wildman–Crippen LogP) is 3.11. The van der Waals surface area contributed by atoms with Crippen molar-refractivity contribution in [2.24, 2.45) is 7.05 Å². The summed E-state index contributed by atoms with van der Waals surface area (Å²) in [5.74, 6) is 0. The van der Waals surface area contributed by atoms with Gasteiger partial charge < -0.3 is 0 Å². The Hall–Kier alpha value is -1.57. The van der Waals surface area contributed by atoms with Crippen molar-refractivity contribution in [2.45, 2.75) is 13.8 Å². The summed E-state index contributed by atoms with van der Waals surface area (Å²) in [7, 11) is 1.95. The zero-order valence-electron chi connectivity index (χ0n) is 8.94. The topological polar surface area (TPSA) is 17.8 Å². The molecular weight excluding hydrogens is 172 g/mol. The second kappa shape index (κ2) is 5.22. The minimum absolute atomic E-state index is 1.15. The molecule has 0 amide bonds. The first-order chi connectivity index (χ1) is 6.88. The third kappa shape index (κ3) is 2.22. The fourth-order valence-electron chi connectivity index (χ4n) is 1.27. The minimum atomic E-state index is 1.15. The average Bonchev–Trinajstić information content (AvgIpc) is 2.69. The molecule has 2 rings (SSSR count). The first-order valence-corrected chi connectivity index (χ1v) is 4.91. The average molecular weight is 188 g/mol. The van der Waals surface area contributed by atoms with Crippen LogP contribution in [0.1, 0.15) is 13.8 Å². The maximum atomic E-state index is 4.11. The second-order valence-electron chi connectivity index (χ2n) is 2.71. The zero-order chi connectivity index (χ0) is 10.4. The first-order valence-electron chi connectivity index (χ1n) is 4.91. The third-order valence-electron chi connectivity index (χ3n) is 1.89. The molecule has 1 heterocycles. The van der Waals surface area contributed by atoms with Crippen LogP contribution in [-0.4, -0.2) is 9.78 Å². The summed E-state index contributed by atoms with van der Waals surface area (Å²) in [6.07, 6.45) is 1.81. The molecule has 2 heteroatoms. The maximum Gasteiger partial charge on any atom is 0.0678 e. The first kappa shape index (κ1) is 10.5. The summed E-state index contributed by atoms with van der Waals surface area (Å²) in [6.45, 7) is 4.00. The molecule has 0 aliphatic carbocycles. The Labute approximate surface area is 85.2 Å². The fraction of sp³-hybridized carbons (Fsp3) is 0.250. The van der Waals surface area contributed by atoms with Crippen molar-refractivity contribution in [3.8, 4) is 11.3 Å². The SMILES string of the molecule is CC.Cn1nccc1-c1ccccc1. The predicted molar refractivity (Wildman–Crippen MR) is 60.0 cm³/mol. The number of aryl methyl sites for hydroxylation is 1. The van der Waals surface area contributed by atoms with Gasteiger partial charge in [-0.15, -0.1) is 0 Å². The molecule has 0 unspecified atom stereocenters. The lowest BCUT2D eigenvalue weighted by Gasteiger charge is -1.99. The van der Waals surface area contributed by atoms with Crippen molar-refractivity contribution < 1.29 is 0 Å². The van der Waals surface area contributed by atoms with Crippen LogP contribution >= 0.6 is 0 Å². The monoisotopic (exact) mass is 188 g/mol. The summed E-state index contributed by atoms with van der Waals surface area (Å²) in [4.78, 5) is 0.